The van der Waals surface area contributed by atoms with Crippen LogP contribution in [0.5, 0.6) is 0 Å². The van der Waals surface area contributed by atoms with Gasteiger partial charge in [-0.2, -0.15) is 0 Å². The molecule has 1 amide bonds. The fourth-order valence-electron chi connectivity index (χ4n) is 4.11. The van der Waals surface area contributed by atoms with E-state index in [1.54, 1.807) is 24.3 Å². The Balaban J connectivity index is 1.43. The molecule has 3 aromatic carbocycles. The average Bonchev–Trinajstić information content (AvgIpc) is 3.15. The minimum atomic E-state index is -0.680. The van der Waals surface area contributed by atoms with Crippen LogP contribution in [0.25, 0.3) is 11.1 Å². The van der Waals surface area contributed by atoms with Crippen LogP contribution in [0.2, 0.25) is 0 Å². The van der Waals surface area contributed by atoms with Crippen LogP contribution < -0.4 is 9.78 Å². The van der Waals surface area contributed by atoms with Crippen molar-refractivity contribution in [2.75, 3.05) is 6.61 Å². The van der Waals surface area contributed by atoms with E-state index in [4.69, 9.17) is 4.74 Å². The fourth-order valence-corrected chi connectivity index (χ4v) is 6.32. The van der Waals surface area contributed by atoms with Gasteiger partial charge < -0.3 is 0 Å². The van der Waals surface area contributed by atoms with Crippen molar-refractivity contribution in [2.45, 2.75) is 25.8 Å². The summed E-state index contributed by atoms with van der Waals surface area (Å²) in [5.41, 5.74) is 5.10. The summed E-state index contributed by atoms with van der Waals surface area (Å²) >= 11 is -0.594. The normalized spacial score (nSPS) is 13.2. The number of carbonyl (C=O) groups is 3. The number of carbonyl (C=O) groups excluding carboxylic acids is 3. The van der Waals surface area contributed by atoms with Crippen LogP contribution in [0.3, 0.4) is 0 Å². The summed E-state index contributed by atoms with van der Waals surface area (Å²) in [6, 6.07) is 22.7. The first-order valence-corrected chi connectivity index (χ1v) is 12.6. The summed E-state index contributed by atoms with van der Waals surface area (Å²) < 4.78 is 6.23. The van der Waals surface area contributed by atoms with Crippen LogP contribution in [0.4, 0.5) is 4.79 Å². The van der Waals surface area contributed by atoms with Crippen molar-refractivity contribution >= 4 is 36.5 Å². The first kappa shape index (κ1) is 23.0. The molecule has 1 aliphatic rings. The number of ether oxygens (including phenoxy) is 1. The van der Waals surface area contributed by atoms with E-state index in [-0.39, 0.29) is 23.1 Å². The minimum absolute atomic E-state index is 0.0416. The Kier molecular flexibility index (Phi) is 7.07. The maximum atomic E-state index is 13.0. The molecule has 0 radical (unpaired) electrons. The van der Waals surface area contributed by atoms with Gasteiger partial charge in [-0.25, -0.2) is 0 Å². The Morgan fingerprint density at radius 2 is 1.52 bits per heavy atom. The van der Waals surface area contributed by atoms with Gasteiger partial charge in [-0.15, -0.1) is 0 Å². The van der Waals surface area contributed by atoms with E-state index in [0.717, 1.165) is 28.5 Å². The molecular formula is C27H25NO4Se. The molecule has 1 N–H and O–H groups in total. The van der Waals surface area contributed by atoms with Crippen molar-refractivity contribution in [1.29, 1.82) is 0 Å². The molecule has 6 heteroatoms. The van der Waals surface area contributed by atoms with E-state index in [9.17, 15) is 14.4 Å². The molecule has 5 nitrogen and oxygen atoms in total. The van der Waals surface area contributed by atoms with Crippen molar-refractivity contribution in [3.63, 3.8) is 0 Å². The molecular weight excluding hydrogens is 481 g/mol. The second-order valence-corrected chi connectivity index (χ2v) is 10.5. The Bertz CT molecular complexity index is 1140. The molecule has 0 unspecified atom stereocenters. The fraction of sp³-hybridized carbons (Fsp3) is 0.222. The Morgan fingerprint density at radius 3 is 2.12 bits per heavy atom. The van der Waals surface area contributed by atoms with Crippen molar-refractivity contribution < 1.29 is 19.1 Å². The van der Waals surface area contributed by atoms with Crippen LogP contribution in [0.1, 0.15) is 41.3 Å². The van der Waals surface area contributed by atoms with Gasteiger partial charge in [0.25, 0.3) is 0 Å². The van der Waals surface area contributed by atoms with Crippen LogP contribution in [-0.4, -0.2) is 44.7 Å². The van der Waals surface area contributed by atoms with Crippen LogP contribution in [0, 0.1) is 5.92 Å². The molecule has 0 spiro atoms. The molecule has 0 saturated carbocycles. The summed E-state index contributed by atoms with van der Waals surface area (Å²) in [5, 5.41) is 2.76. The average molecular weight is 506 g/mol. The monoisotopic (exact) mass is 507 g/mol. The molecule has 0 bridgehead atoms. The zero-order valence-electron chi connectivity index (χ0n) is 18.5. The summed E-state index contributed by atoms with van der Waals surface area (Å²) in [5.74, 6) is -0.150. The van der Waals surface area contributed by atoms with Gasteiger partial charge in [-0.3, -0.25) is 0 Å². The molecule has 3 aromatic rings. The third kappa shape index (κ3) is 4.92. The Hall–Kier alpha value is -3.21. The summed E-state index contributed by atoms with van der Waals surface area (Å²) in [6.07, 6.45) is 0.150. The molecule has 1 aliphatic carbocycles. The van der Waals surface area contributed by atoms with E-state index < -0.39 is 27.1 Å². The van der Waals surface area contributed by atoms with Gasteiger partial charge in [0, 0.05) is 0 Å². The van der Waals surface area contributed by atoms with E-state index in [1.165, 1.54) is 0 Å². The summed E-state index contributed by atoms with van der Waals surface area (Å²) in [6.45, 7) is 3.96. The summed E-state index contributed by atoms with van der Waals surface area (Å²) in [4.78, 5) is 37.0. The Morgan fingerprint density at radius 1 is 0.939 bits per heavy atom. The van der Waals surface area contributed by atoms with Gasteiger partial charge >= 0.3 is 200 Å². The van der Waals surface area contributed by atoms with Crippen molar-refractivity contribution in [3.05, 3.63) is 89.5 Å². The molecule has 0 saturated heterocycles. The number of alkyl carbamates (subject to hydrolysis) is 1. The number of rotatable bonds is 8. The second kappa shape index (κ2) is 10.2. The standard InChI is InChI=1S/C27H25NO4Se/c1-17(2)25(26(30)33-24-14-8-3-9-18(24)15-29)28-27(31)32-16-23-21-12-6-4-10-19(21)20-11-5-7-13-22(20)23/h3-15,17,23,25H,16H2,1-2H3,(H,28,31)/t25-/m0/s1. The van der Waals surface area contributed by atoms with Gasteiger partial charge in [0.1, 0.15) is 0 Å². The quantitative estimate of drug-likeness (QED) is 0.372. The van der Waals surface area contributed by atoms with Crippen LogP contribution in [-0.2, 0) is 9.53 Å². The molecule has 0 heterocycles. The second-order valence-electron chi connectivity index (χ2n) is 8.27. The molecule has 0 fully saturated rings. The third-order valence-electron chi connectivity index (χ3n) is 5.79. The van der Waals surface area contributed by atoms with Crippen molar-refractivity contribution in [2.24, 2.45) is 5.92 Å². The predicted octanol–water partition coefficient (Wildman–Crippen LogP) is 3.92. The van der Waals surface area contributed by atoms with Gasteiger partial charge in [0.2, 0.25) is 0 Å². The SMILES string of the molecule is CC(C)[C@H](NC(=O)OCC1c2ccccc2-c2ccccc21)C(=O)[Se]c1ccccc1C=O. The maximum absolute atomic E-state index is 13.0. The number of aldehydes is 1. The zero-order valence-corrected chi connectivity index (χ0v) is 20.2. The molecule has 4 rings (SSSR count). The van der Waals surface area contributed by atoms with Crippen molar-refractivity contribution in [1.82, 2.24) is 5.32 Å². The molecule has 0 aliphatic heterocycles. The van der Waals surface area contributed by atoms with Gasteiger partial charge in [0.15, 0.2) is 0 Å². The first-order chi connectivity index (χ1) is 16.0. The van der Waals surface area contributed by atoms with E-state index in [2.05, 4.69) is 29.6 Å². The number of hydrogen-bond acceptors (Lipinski definition) is 4. The molecule has 1 atom stereocenters. The topological polar surface area (TPSA) is 72.5 Å². The zero-order chi connectivity index (χ0) is 23.4. The number of fused-ring (bicyclic) bond motifs is 3. The van der Waals surface area contributed by atoms with Crippen molar-refractivity contribution in [3.8, 4) is 11.1 Å². The van der Waals surface area contributed by atoms with Gasteiger partial charge in [-0.05, 0) is 0 Å². The number of nitrogens with one attached hydrogen (secondary N) is 1. The van der Waals surface area contributed by atoms with E-state index in [1.807, 2.05) is 38.1 Å². The molecule has 0 aromatic heterocycles. The molecule has 168 valence electrons. The van der Waals surface area contributed by atoms with Gasteiger partial charge in [-0.1, -0.05) is 0 Å². The summed E-state index contributed by atoms with van der Waals surface area (Å²) in [7, 11) is 0. The van der Waals surface area contributed by atoms with Crippen LogP contribution in [0.15, 0.2) is 72.8 Å². The van der Waals surface area contributed by atoms with Gasteiger partial charge in [0.05, 0.1) is 0 Å². The van der Waals surface area contributed by atoms with Crippen LogP contribution >= 0.6 is 0 Å². The predicted molar refractivity (Wildman–Crippen MR) is 129 cm³/mol. The van der Waals surface area contributed by atoms with E-state index in [0.29, 0.717) is 10.0 Å². The Labute approximate surface area is 199 Å². The van der Waals surface area contributed by atoms with E-state index >= 15 is 0 Å². The number of hydrogen-bond donors (Lipinski definition) is 1. The number of benzene rings is 3. The first-order valence-electron chi connectivity index (χ1n) is 10.9. The number of amides is 1. The molecule has 33 heavy (non-hydrogen) atoms. The third-order valence-corrected chi connectivity index (χ3v) is 7.99.